The van der Waals surface area contributed by atoms with Crippen LogP contribution < -0.4 is 15.4 Å². The number of amides is 1. The molecule has 1 atom stereocenters. The normalized spacial score (nSPS) is 15.8. The van der Waals surface area contributed by atoms with Crippen LogP contribution in [0, 0.1) is 5.92 Å². The maximum atomic E-state index is 12.5. The molecular formula is C21H27N5O5S. The number of hydrogen-bond acceptors (Lipinski definition) is 8. The number of nitrogens with one attached hydrogen (secondary N) is 1. The van der Waals surface area contributed by atoms with E-state index in [-0.39, 0.29) is 22.7 Å². The summed E-state index contributed by atoms with van der Waals surface area (Å²) in [6.45, 7) is 3.16. The lowest BCUT2D eigenvalue weighted by molar-refractivity contribution is -0.159. The van der Waals surface area contributed by atoms with Crippen LogP contribution in [0.4, 0.5) is 5.95 Å². The number of aromatic nitrogens is 2. The third kappa shape index (κ3) is 6.47. The molecule has 1 saturated heterocycles. The number of anilines is 1. The Morgan fingerprint density at radius 1 is 1.19 bits per heavy atom. The molecule has 0 saturated carbocycles. The summed E-state index contributed by atoms with van der Waals surface area (Å²) >= 11 is 0. The summed E-state index contributed by atoms with van der Waals surface area (Å²) in [6, 6.07) is 7.88. The second-order valence-corrected chi connectivity index (χ2v) is 9.18. The van der Waals surface area contributed by atoms with Crippen LogP contribution in [0.1, 0.15) is 25.3 Å². The number of sulfonamides is 1. The topological polar surface area (TPSA) is 145 Å². The van der Waals surface area contributed by atoms with Crippen molar-refractivity contribution in [1.29, 1.82) is 0 Å². The Labute approximate surface area is 187 Å². The van der Waals surface area contributed by atoms with Gasteiger partial charge in [0.2, 0.25) is 16.0 Å². The zero-order valence-corrected chi connectivity index (χ0v) is 18.6. The molecule has 172 valence electrons. The number of rotatable bonds is 8. The van der Waals surface area contributed by atoms with Crippen LogP contribution in [0.25, 0.3) is 0 Å². The second-order valence-electron chi connectivity index (χ2n) is 7.62. The lowest BCUT2D eigenvalue weighted by Gasteiger charge is -2.31. The van der Waals surface area contributed by atoms with Crippen molar-refractivity contribution in [1.82, 2.24) is 15.3 Å². The molecule has 2 heterocycles. The van der Waals surface area contributed by atoms with E-state index in [4.69, 9.17) is 9.88 Å². The molecule has 0 aliphatic carbocycles. The van der Waals surface area contributed by atoms with Gasteiger partial charge < -0.3 is 15.0 Å². The van der Waals surface area contributed by atoms with Crippen molar-refractivity contribution in [2.24, 2.45) is 11.1 Å². The van der Waals surface area contributed by atoms with Gasteiger partial charge in [0.15, 0.2) is 6.10 Å². The van der Waals surface area contributed by atoms with E-state index in [2.05, 4.69) is 15.3 Å². The highest BCUT2D eigenvalue weighted by Crippen LogP contribution is 2.22. The Morgan fingerprint density at radius 2 is 1.81 bits per heavy atom. The first-order valence-electron chi connectivity index (χ1n) is 10.4. The first kappa shape index (κ1) is 23.6. The van der Waals surface area contributed by atoms with Crippen molar-refractivity contribution in [3.05, 3.63) is 48.3 Å². The number of carbonyl (C=O) groups is 2. The van der Waals surface area contributed by atoms with Crippen molar-refractivity contribution in [3.8, 4) is 0 Å². The fraction of sp³-hybridized carbons (Fsp3) is 0.429. The summed E-state index contributed by atoms with van der Waals surface area (Å²) in [5.41, 5.74) is 0.844. The van der Waals surface area contributed by atoms with E-state index >= 15 is 0 Å². The number of esters is 1. The minimum Gasteiger partial charge on any atom is -0.452 e. The molecule has 3 N–H and O–H groups in total. The molecular weight excluding hydrogens is 434 g/mol. The first-order valence-corrected chi connectivity index (χ1v) is 11.9. The van der Waals surface area contributed by atoms with Gasteiger partial charge >= 0.3 is 5.97 Å². The highest BCUT2D eigenvalue weighted by atomic mass is 32.2. The number of primary sulfonamides is 1. The zero-order valence-electron chi connectivity index (χ0n) is 17.8. The van der Waals surface area contributed by atoms with Crippen LogP contribution >= 0.6 is 0 Å². The average molecular weight is 462 g/mol. The van der Waals surface area contributed by atoms with E-state index < -0.39 is 16.1 Å². The van der Waals surface area contributed by atoms with Gasteiger partial charge in [-0.1, -0.05) is 12.1 Å². The fourth-order valence-corrected chi connectivity index (χ4v) is 3.93. The molecule has 1 aromatic carbocycles. The van der Waals surface area contributed by atoms with Gasteiger partial charge in [0, 0.05) is 32.0 Å². The summed E-state index contributed by atoms with van der Waals surface area (Å²) in [5.74, 6) is -0.372. The molecule has 32 heavy (non-hydrogen) atoms. The summed E-state index contributed by atoms with van der Waals surface area (Å²) in [5, 5.41) is 7.80. The molecule has 2 aromatic rings. The van der Waals surface area contributed by atoms with Crippen molar-refractivity contribution < 1.29 is 22.7 Å². The molecule has 1 amide bonds. The van der Waals surface area contributed by atoms with Crippen LogP contribution in [0.3, 0.4) is 0 Å². The zero-order chi connectivity index (χ0) is 23.1. The van der Waals surface area contributed by atoms with Crippen LogP contribution in [-0.2, 0) is 30.8 Å². The Hall–Kier alpha value is -3.05. The van der Waals surface area contributed by atoms with Gasteiger partial charge in [-0.15, -0.1) is 0 Å². The number of hydrogen-bond donors (Lipinski definition) is 2. The number of nitrogens with two attached hydrogens (primary N) is 1. The molecule has 1 unspecified atom stereocenters. The number of ether oxygens (including phenoxy) is 1. The molecule has 1 aliphatic heterocycles. The number of piperidine rings is 1. The van der Waals surface area contributed by atoms with Gasteiger partial charge in [0.25, 0.3) is 5.91 Å². The molecule has 11 heteroatoms. The molecule has 0 radical (unpaired) electrons. The standard InChI is InChI=1S/C21H27N5O5S/c1-15(19(27)23-12-7-16-3-5-18(6-4-16)32(22,29)30)31-20(28)17-8-13-26(14-9-17)21-24-10-2-11-25-21/h2-6,10-11,15,17H,7-9,12-14H2,1H3,(H,23,27)(H2,22,29,30). The minimum atomic E-state index is -3.73. The van der Waals surface area contributed by atoms with Crippen molar-refractivity contribution in [2.75, 3.05) is 24.5 Å². The van der Waals surface area contributed by atoms with Gasteiger partial charge in [0.1, 0.15) is 0 Å². The Morgan fingerprint density at radius 3 is 2.41 bits per heavy atom. The van der Waals surface area contributed by atoms with Crippen LogP contribution in [0.2, 0.25) is 0 Å². The molecule has 0 bridgehead atoms. The minimum absolute atomic E-state index is 0.0351. The lowest BCUT2D eigenvalue weighted by Crippen LogP contribution is -2.41. The summed E-state index contributed by atoms with van der Waals surface area (Å²) in [6.07, 6.45) is 4.19. The molecule has 1 aliphatic rings. The Kier molecular flexibility index (Phi) is 7.75. The van der Waals surface area contributed by atoms with Gasteiger partial charge in [-0.3, -0.25) is 9.59 Å². The first-order chi connectivity index (χ1) is 15.2. The highest BCUT2D eigenvalue weighted by Gasteiger charge is 2.29. The quantitative estimate of drug-likeness (QED) is 0.545. The average Bonchev–Trinajstić information content (AvgIpc) is 2.79. The van der Waals surface area contributed by atoms with E-state index in [0.29, 0.717) is 44.8 Å². The van der Waals surface area contributed by atoms with Gasteiger partial charge in [-0.25, -0.2) is 23.5 Å². The van der Waals surface area contributed by atoms with E-state index in [0.717, 1.165) is 5.56 Å². The van der Waals surface area contributed by atoms with Crippen LogP contribution in [0.15, 0.2) is 47.6 Å². The number of nitrogens with zero attached hydrogens (tertiary/aromatic N) is 3. The third-order valence-electron chi connectivity index (χ3n) is 5.29. The molecule has 1 fully saturated rings. The summed E-state index contributed by atoms with van der Waals surface area (Å²) < 4.78 is 27.9. The largest absolute Gasteiger partial charge is 0.452 e. The van der Waals surface area contributed by atoms with Crippen LogP contribution in [-0.4, -0.2) is 56.0 Å². The fourth-order valence-electron chi connectivity index (χ4n) is 3.41. The maximum absolute atomic E-state index is 12.5. The van der Waals surface area contributed by atoms with Crippen LogP contribution in [0.5, 0.6) is 0 Å². The van der Waals surface area contributed by atoms with Crippen molar-refractivity contribution in [2.45, 2.75) is 37.2 Å². The number of benzene rings is 1. The van der Waals surface area contributed by atoms with Gasteiger partial charge in [-0.2, -0.15) is 0 Å². The molecule has 1 aromatic heterocycles. The van der Waals surface area contributed by atoms with E-state index in [1.165, 1.54) is 12.1 Å². The highest BCUT2D eigenvalue weighted by molar-refractivity contribution is 7.89. The van der Waals surface area contributed by atoms with Gasteiger partial charge in [-0.05, 0) is 49.9 Å². The van der Waals surface area contributed by atoms with E-state index in [1.54, 1.807) is 37.5 Å². The lowest BCUT2D eigenvalue weighted by atomic mass is 9.97. The SMILES string of the molecule is CC(OC(=O)C1CCN(c2ncccn2)CC1)C(=O)NCCc1ccc(S(N)(=O)=O)cc1. The van der Waals surface area contributed by atoms with E-state index in [9.17, 15) is 18.0 Å². The smallest absolute Gasteiger partial charge is 0.309 e. The monoisotopic (exact) mass is 461 g/mol. The Bertz CT molecular complexity index is 1020. The van der Waals surface area contributed by atoms with Gasteiger partial charge in [0.05, 0.1) is 10.8 Å². The second kappa shape index (κ2) is 10.5. The number of carbonyl (C=O) groups excluding carboxylic acids is 2. The predicted molar refractivity (Wildman–Crippen MR) is 117 cm³/mol. The predicted octanol–water partition coefficient (Wildman–Crippen LogP) is 0.631. The third-order valence-corrected chi connectivity index (χ3v) is 6.22. The van der Waals surface area contributed by atoms with Crippen molar-refractivity contribution in [3.63, 3.8) is 0 Å². The Balaban J connectivity index is 1.39. The van der Waals surface area contributed by atoms with Crippen molar-refractivity contribution >= 4 is 27.8 Å². The molecule has 3 rings (SSSR count). The van der Waals surface area contributed by atoms with E-state index in [1.807, 2.05) is 4.90 Å². The maximum Gasteiger partial charge on any atom is 0.309 e. The summed E-state index contributed by atoms with van der Waals surface area (Å²) in [7, 11) is -3.73. The summed E-state index contributed by atoms with van der Waals surface area (Å²) in [4.78, 5) is 35.2. The molecule has 10 nitrogen and oxygen atoms in total. The molecule has 0 spiro atoms.